The van der Waals surface area contributed by atoms with Gasteiger partial charge < -0.3 is 4.74 Å². The van der Waals surface area contributed by atoms with Gasteiger partial charge in [-0.3, -0.25) is 9.36 Å². The van der Waals surface area contributed by atoms with Gasteiger partial charge in [0.05, 0.1) is 19.0 Å². The van der Waals surface area contributed by atoms with E-state index in [-0.39, 0.29) is 5.56 Å². The molecule has 0 N–H and O–H groups in total. The van der Waals surface area contributed by atoms with Crippen LogP contribution < -0.4 is 10.3 Å². The van der Waals surface area contributed by atoms with E-state index >= 15 is 0 Å². The maximum atomic E-state index is 12.5. The lowest BCUT2D eigenvalue weighted by atomic mass is 10.1. The number of hydrogen-bond donors (Lipinski definition) is 0. The third kappa shape index (κ3) is 2.20. The van der Waals surface area contributed by atoms with Crippen molar-refractivity contribution in [3.8, 4) is 11.4 Å². The smallest absolute Gasteiger partial charge is 0.263 e. The fourth-order valence-corrected chi connectivity index (χ4v) is 2.30. The van der Waals surface area contributed by atoms with Gasteiger partial charge in [-0.15, -0.1) is 0 Å². The molecule has 20 heavy (non-hydrogen) atoms. The number of rotatable bonds is 2. The highest BCUT2D eigenvalue weighted by Gasteiger charge is 2.06. The summed E-state index contributed by atoms with van der Waals surface area (Å²) in [4.78, 5) is 16.6. The van der Waals surface area contributed by atoms with Crippen LogP contribution in [0.3, 0.4) is 0 Å². The Balaban J connectivity index is 2.21. The number of hydrogen-bond acceptors (Lipinski definition) is 3. The van der Waals surface area contributed by atoms with E-state index in [1.54, 1.807) is 42.3 Å². The van der Waals surface area contributed by atoms with Gasteiger partial charge in [0.25, 0.3) is 5.56 Å². The summed E-state index contributed by atoms with van der Waals surface area (Å²) in [6.45, 7) is 0. The Morgan fingerprint density at radius 2 is 2.05 bits per heavy atom. The number of pyridine rings is 2. The Hall–Kier alpha value is -2.14. The van der Waals surface area contributed by atoms with Crippen LogP contribution >= 0.6 is 15.9 Å². The molecule has 0 aliphatic carbocycles. The van der Waals surface area contributed by atoms with Crippen molar-refractivity contribution in [1.82, 2.24) is 9.55 Å². The molecule has 0 unspecified atom stereocenters. The molecule has 2 aromatic heterocycles. The number of benzene rings is 1. The summed E-state index contributed by atoms with van der Waals surface area (Å²) in [5, 5.41) is 1.51. The van der Waals surface area contributed by atoms with E-state index in [0.717, 1.165) is 21.4 Å². The van der Waals surface area contributed by atoms with Gasteiger partial charge in [0.15, 0.2) is 0 Å². The van der Waals surface area contributed by atoms with Gasteiger partial charge in [-0.25, -0.2) is 4.98 Å². The summed E-state index contributed by atoms with van der Waals surface area (Å²) >= 11 is 3.28. The molecule has 0 aliphatic rings. The molecule has 0 radical (unpaired) electrons. The van der Waals surface area contributed by atoms with Crippen LogP contribution in [0.5, 0.6) is 5.75 Å². The van der Waals surface area contributed by atoms with E-state index in [9.17, 15) is 4.79 Å². The highest BCUT2D eigenvalue weighted by molar-refractivity contribution is 9.10. The monoisotopic (exact) mass is 330 g/mol. The fourth-order valence-electron chi connectivity index (χ4n) is 2.07. The van der Waals surface area contributed by atoms with Crippen molar-refractivity contribution < 1.29 is 4.74 Å². The van der Waals surface area contributed by atoms with Gasteiger partial charge in [0.1, 0.15) is 10.4 Å². The molecule has 0 saturated carbocycles. The number of fused-ring (bicyclic) bond motifs is 1. The van der Waals surface area contributed by atoms with Gasteiger partial charge in [-0.2, -0.15) is 0 Å². The quantitative estimate of drug-likeness (QED) is 0.678. The van der Waals surface area contributed by atoms with Crippen LogP contribution in [-0.2, 0) is 0 Å². The predicted molar refractivity (Wildman–Crippen MR) is 81.6 cm³/mol. The summed E-state index contributed by atoms with van der Waals surface area (Å²) in [5.41, 5.74) is 0.658. The molecule has 3 rings (SSSR count). The Morgan fingerprint density at radius 3 is 2.75 bits per heavy atom. The van der Waals surface area contributed by atoms with Crippen LogP contribution in [-0.4, -0.2) is 16.7 Å². The zero-order valence-corrected chi connectivity index (χ0v) is 12.3. The van der Waals surface area contributed by atoms with Crippen LogP contribution in [0.1, 0.15) is 0 Å². The van der Waals surface area contributed by atoms with Crippen molar-refractivity contribution in [2.24, 2.45) is 0 Å². The van der Waals surface area contributed by atoms with E-state index in [1.165, 1.54) is 0 Å². The molecule has 100 valence electrons. The topological polar surface area (TPSA) is 44.1 Å². The third-order valence-corrected chi connectivity index (χ3v) is 3.57. The molecule has 4 nitrogen and oxygen atoms in total. The lowest BCUT2D eigenvalue weighted by molar-refractivity contribution is 0.415. The van der Waals surface area contributed by atoms with Crippen LogP contribution in [0.4, 0.5) is 0 Å². The fraction of sp³-hybridized carbons (Fsp3) is 0.0667. The molecule has 0 spiro atoms. The predicted octanol–water partition coefficient (Wildman–Crippen LogP) is 3.16. The second kappa shape index (κ2) is 5.09. The molecule has 0 atom stereocenters. The summed E-state index contributed by atoms with van der Waals surface area (Å²) in [6, 6.07) is 10.9. The van der Waals surface area contributed by atoms with Crippen molar-refractivity contribution in [2.45, 2.75) is 0 Å². The van der Waals surface area contributed by atoms with Crippen LogP contribution in [0, 0.1) is 0 Å². The molecular formula is C15H11BrN2O2. The molecule has 1 aromatic carbocycles. The first kappa shape index (κ1) is 12.9. The largest absolute Gasteiger partial charge is 0.497 e. The zero-order valence-electron chi connectivity index (χ0n) is 10.7. The van der Waals surface area contributed by atoms with E-state index in [1.807, 2.05) is 18.2 Å². The maximum Gasteiger partial charge on any atom is 0.263 e. The van der Waals surface area contributed by atoms with Crippen molar-refractivity contribution in [1.29, 1.82) is 0 Å². The molecule has 0 bridgehead atoms. The molecule has 3 aromatic rings. The molecule has 5 heteroatoms. The van der Waals surface area contributed by atoms with Crippen molar-refractivity contribution in [3.63, 3.8) is 0 Å². The first-order valence-corrected chi connectivity index (χ1v) is 6.80. The number of ether oxygens (including phenoxy) is 1. The van der Waals surface area contributed by atoms with E-state index in [2.05, 4.69) is 20.9 Å². The molecular weight excluding hydrogens is 320 g/mol. The lowest BCUT2D eigenvalue weighted by Crippen LogP contribution is -2.17. The Labute approximate surface area is 123 Å². The van der Waals surface area contributed by atoms with Crippen molar-refractivity contribution in [3.05, 3.63) is 63.7 Å². The minimum absolute atomic E-state index is 0.0747. The highest BCUT2D eigenvalue weighted by Crippen LogP contribution is 2.19. The van der Waals surface area contributed by atoms with Gasteiger partial charge in [0, 0.05) is 11.6 Å². The molecule has 0 saturated heterocycles. The van der Waals surface area contributed by atoms with Gasteiger partial charge in [-0.1, -0.05) is 0 Å². The van der Waals surface area contributed by atoms with Gasteiger partial charge >= 0.3 is 0 Å². The summed E-state index contributed by atoms with van der Waals surface area (Å²) < 4.78 is 7.48. The average Bonchev–Trinajstić information content (AvgIpc) is 2.48. The average molecular weight is 331 g/mol. The number of aromatic nitrogens is 2. The minimum atomic E-state index is -0.0747. The molecule has 0 aliphatic heterocycles. The number of halogens is 1. The number of nitrogens with zero attached hydrogens (tertiary/aromatic N) is 2. The first-order valence-electron chi connectivity index (χ1n) is 6.00. The Kier molecular flexibility index (Phi) is 3.28. The minimum Gasteiger partial charge on any atom is -0.497 e. The van der Waals surface area contributed by atoms with Crippen molar-refractivity contribution in [2.75, 3.05) is 7.11 Å². The third-order valence-electron chi connectivity index (χ3n) is 3.10. The normalized spacial score (nSPS) is 10.7. The van der Waals surface area contributed by atoms with E-state index in [0.29, 0.717) is 5.39 Å². The highest BCUT2D eigenvalue weighted by atomic mass is 79.9. The van der Waals surface area contributed by atoms with Crippen molar-refractivity contribution >= 4 is 26.7 Å². The molecule has 2 heterocycles. The second-order valence-electron chi connectivity index (χ2n) is 4.28. The Morgan fingerprint density at radius 1 is 1.20 bits per heavy atom. The maximum absolute atomic E-state index is 12.5. The zero-order chi connectivity index (χ0) is 14.1. The second-order valence-corrected chi connectivity index (χ2v) is 5.10. The molecule has 0 fully saturated rings. The van der Waals surface area contributed by atoms with Crippen LogP contribution in [0.2, 0.25) is 0 Å². The molecule has 0 amide bonds. The summed E-state index contributed by atoms with van der Waals surface area (Å²) in [7, 11) is 1.61. The van der Waals surface area contributed by atoms with E-state index < -0.39 is 0 Å². The summed E-state index contributed by atoms with van der Waals surface area (Å²) in [5.74, 6) is 0.736. The standard InChI is InChI=1S/C15H11BrN2O2/c1-20-12-3-4-13-10(8-12)6-7-18(15(13)19)11-2-5-14(16)17-9-11/h2-9H,1H3. The first-order chi connectivity index (χ1) is 9.69. The van der Waals surface area contributed by atoms with Crippen LogP contribution in [0.15, 0.2) is 58.2 Å². The van der Waals surface area contributed by atoms with E-state index in [4.69, 9.17) is 4.74 Å². The lowest BCUT2D eigenvalue weighted by Gasteiger charge is -2.08. The van der Waals surface area contributed by atoms with Gasteiger partial charge in [0.2, 0.25) is 0 Å². The SMILES string of the molecule is COc1ccc2c(=O)n(-c3ccc(Br)nc3)ccc2c1. The summed E-state index contributed by atoms with van der Waals surface area (Å²) in [6.07, 6.45) is 3.40. The Bertz CT molecular complexity index is 825. The van der Waals surface area contributed by atoms with Gasteiger partial charge in [-0.05, 0) is 57.7 Å². The number of methoxy groups -OCH3 is 1. The van der Waals surface area contributed by atoms with Crippen LogP contribution in [0.25, 0.3) is 16.5 Å².